The lowest BCUT2D eigenvalue weighted by molar-refractivity contribution is 0.471. The van der Waals surface area contributed by atoms with Gasteiger partial charge in [-0.05, 0) is 60.8 Å². The Balaban J connectivity index is 1.71. The fourth-order valence-electron chi connectivity index (χ4n) is 3.88. The molecule has 29 heavy (non-hydrogen) atoms. The van der Waals surface area contributed by atoms with E-state index in [2.05, 4.69) is 20.0 Å². The highest BCUT2D eigenvalue weighted by atomic mass is 35.5. The average Bonchev–Trinajstić information content (AvgIpc) is 3.25. The number of aromatic amines is 1. The first kappa shape index (κ1) is 20.2. The molecule has 4 rings (SSSR count). The second-order valence-corrected chi connectivity index (χ2v) is 9.48. The minimum atomic E-state index is -3.72. The normalized spacial score (nSPS) is 19.0. The van der Waals surface area contributed by atoms with Gasteiger partial charge in [0.1, 0.15) is 0 Å². The van der Waals surface area contributed by atoms with Crippen molar-refractivity contribution in [3.63, 3.8) is 0 Å². The molecule has 0 bridgehead atoms. The Hall–Kier alpha value is -2.06. The van der Waals surface area contributed by atoms with Crippen LogP contribution in [-0.2, 0) is 10.0 Å². The molecule has 0 saturated carbocycles. The number of hydrogen-bond donors (Lipinski definition) is 3. The van der Waals surface area contributed by atoms with Crippen LogP contribution in [0.15, 0.2) is 53.9 Å². The van der Waals surface area contributed by atoms with Crippen LogP contribution in [0.1, 0.15) is 41.5 Å². The van der Waals surface area contributed by atoms with E-state index < -0.39 is 10.0 Å². The van der Waals surface area contributed by atoms with E-state index in [1.165, 1.54) is 12.5 Å². The first-order valence-corrected chi connectivity index (χ1v) is 11.4. The van der Waals surface area contributed by atoms with E-state index in [1.807, 2.05) is 37.4 Å². The molecule has 152 valence electrons. The standard InChI is InChI=1S/C20H20Cl2N4O2S/c1-23-19-7-5-14(12-2-6-17(21)18(22)8-12)15-4-3-13(9-16(15)19)26-29(27,28)20-10-24-11-25-20/h2-4,6,8-11,14,19,23,26H,5,7H2,1H3,(H,24,25). The molecule has 3 aromatic rings. The van der Waals surface area contributed by atoms with Crippen molar-refractivity contribution in [3.05, 3.63) is 75.7 Å². The van der Waals surface area contributed by atoms with Crippen molar-refractivity contribution in [2.75, 3.05) is 11.8 Å². The van der Waals surface area contributed by atoms with E-state index in [4.69, 9.17) is 23.2 Å². The predicted molar refractivity (Wildman–Crippen MR) is 115 cm³/mol. The van der Waals surface area contributed by atoms with Gasteiger partial charge in [0.2, 0.25) is 0 Å². The average molecular weight is 451 g/mol. The number of nitrogens with one attached hydrogen (secondary N) is 3. The van der Waals surface area contributed by atoms with Gasteiger partial charge in [0.25, 0.3) is 10.0 Å². The summed E-state index contributed by atoms with van der Waals surface area (Å²) in [5.41, 5.74) is 3.83. The van der Waals surface area contributed by atoms with Crippen molar-refractivity contribution < 1.29 is 8.42 Å². The van der Waals surface area contributed by atoms with Crippen molar-refractivity contribution in [1.29, 1.82) is 0 Å². The maximum atomic E-state index is 12.5. The van der Waals surface area contributed by atoms with Crippen LogP contribution in [0.4, 0.5) is 5.69 Å². The van der Waals surface area contributed by atoms with Crippen LogP contribution in [0.5, 0.6) is 0 Å². The molecular weight excluding hydrogens is 431 g/mol. The third-order valence-electron chi connectivity index (χ3n) is 5.29. The number of anilines is 1. The number of rotatable bonds is 5. The number of benzene rings is 2. The highest BCUT2D eigenvalue weighted by molar-refractivity contribution is 7.92. The van der Waals surface area contributed by atoms with Gasteiger partial charge in [-0.3, -0.25) is 4.72 Å². The van der Waals surface area contributed by atoms with Gasteiger partial charge in [-0.2, -0.15) is 8.42 Å². The van der Waals surface area contributed by atoms with Crippen molar-refractivity contribution >= 4 is 38.9 Å². The zero-order chi connectivity index (χ0) is 20.6. The second kappa shape index (κ2) is 7.99. The Labute approximate surface area is 179 Å². The van der Waals surface area contributed by atoms with Crippen molar-refractivity contribution in [1.82, 2.24) is 15.3 Å². The number of sulfonamides is 1. The van der Waals surface area contributed by atoms with E-state index >= 15 is 0 Å². The lowest BCUT2D eigenvalue weighted by Gasteiger charge is -2.32. The Morgan fingerprint density at radius 2 is 1.90 bits per heavy atom. The number of nitrogens with zero attached hydrogens (tertiary/aromatic N) is 1. The minimum Gasteiger partial charge on any atom is -0.334 e. The summed E-state index contributed by atoms with van der Waals surface area (Å²) in [6.07, 6.45) is 4.48. The summed E-state index contributed by atoms with van der Waals surface area (Å²) >= 11 is 12.3. The van der Waals surface area contributed by atoms with Crippen LogP contribution in [0.3, 0.4) is 0 Å². The Kier molecular flexibility index (Phi) is 5.57. The SMILES string of the molecule is CNC1CCC(c2ccc(Cl)c(Cl)c2)c2ccc(NS(=O)(=O)c3cnc[nH]3)cc21. The predicted octanol–water partition coefficient (Wildman–Crippen LogP) is 4.70. The summed E-state index contributed by atoms with van der Waals surface area (Å²) in [5.74, 6) is 0.169. The highest BCUT2D eigenvalue weighted by Crippen LogP contribution is 2.43. The van der Waals surface area contributed by atoms with Gasteiger partial charge in [-0.15, -0.1) is 0 Å². The third kappa shape index (κ3) is 4.00. The third-order valence-corrected chi connectivity index (χ3v) is 7.34. The number of H-pyrrole nitrogens is 1. The summed E-state index contributed by atoms with van der Waals surface area (Å²) in [4.78, 5) is 6.40. The van der Waals surface area contributed by atoms with Crippen LogP contribution in [0, 0.1) is 0 Å². The van der Waals surface area contributed by atoms with Gasteiger partial charge in [-0.25, -0.2) is 4.98 Å². The Morgan fingerprint density at radius 3 is 2.59 bits per heavy atom. The van der Waals surface area contributed by atoms with Crippen LogP contribution in [0.25, 0.3) is 0 Å². The maximum Gasteiger partial charge on any atom is 0.278 e. The van der Waals surface area contributed by atoms with Crippen LogP contribution < -0.4 is 10.0 Å². The lowest BCUT2D eigenvalue weighted by atomic mass is 9.76. The molecular formula is C20H20Cl2N4O2S. The van der Waals surface area contributed by atoms with E-state index in [-0.39, 0.29) is 17.0 Å². The Morgan fingerprint density at radius 1 is 1.07 bits per heavy atom. The minimum absolute atomic E-state index is 0.0223. The van der Waals surface area contributed by atoms with Gasteiger partial charge < -0.3 is 10.3 Å². The van der Waals surface area contributed by atoms with E-state index in [0.29, 0.717) is 15.7 Å². The van der Waals surface area contributed by atoms with Crippen LogP contribution in [0.2, 0.25) is 10.0 Å². The molecule has 0 amide bonds. The molecule has 0 fully saturated rings. The number of hydrogen-bond acceptors (Lipinski definition) is 4. The molecule has 2 atom stereocenters. The molecule has 0 spiro atoms. The lowest BCUT2D eigenvalue weighted by Crippen LogP contribution is -2.24. The van der Waals surface area contributed by atoms with Gasteiger partial charge >= 0.3 is 0 Å². The molecule has 2 aromatic carbocycles. The van der Waals surface area contributed by atoms with Gasteiger partial charge in [0.15, 0.2) is 5.03 Å². The van der Waals surface area contributed by atoms with Gasteiger partial charge in [0, 0.05) is 17.6 Å². The monoisotopic (exact) mass is 450 g/mol. The highest BCUT2D eigenvalue weighted by Gasteiger charge is 2.28. The Bertz CT molecular complexity index is 1130. The molecule has 1 heterocycles. The smallest absolute Gasteiger partial charge is 0.278 e. The second-order valence-electron chi connectivity index (χ2n) is 7.01. The van der Waals surface area contributed by atoms with Gasteiger partial charge in [0.05, 0.1) is 22.6 Å². The van der Waals surface area contributed by atoms with Crippen molar-refractivity contribution in [2.24, 2.45) is 0 Å². The molecule has 1 aliphatic rings. The van der Waals surface area contributed by atoms with E-state index in [1.54, 1.807) is 6.07 Å². The first-order valence-electron chi connectivity index (χ1n) is 9.16. The molecule has 1 aliphatic carbocycles. The van der Waals surface area contributed by atoms with E-state index in [0.717, 1.165) is 29.5 Å². The van der Waals surface area contributed by atoms with E-state index in [9.17, 15) is 8.42 Å². The van der Waals surface area contributed by atoms with Crippen molar-refractivity contribution in [3.8, 4) is 0 Å². The van der Waals surface area contributed by atoms with Crippen LogP contribution in [-0.4, -0.2) is 25.4 Å². The maximum absolute atomic E-state index is 12.5. The number of aromatic nitrogens is 2. The molecule has 6 nitrogen and oxygen atoms in total. The fourth-order valence-corrected chi connectivity index (χ4v) is 5.14. The fraction of sp³-hybridized carbons (Fsp3) is 0.250. The van der Waals surface area contributed by atoms with Crippen molar-refractivity contribution in [2.45, 2.75) is 29.8 Å². The summed E-state index contributed by atoms with van der Waals surface area (Å²) in [6.45, 7) is 0. The molecule has 0 aliphatic heterocycles. The largest absolute Gasteiger partial charge is 0.334 e. The molecule has 1 aromatic heterocycles. The van der Waals surface area contributed by atoms with Crippen LogP contribution >= 0.6 is 23.2 Å². The summed E-state index contributed by atoms with van der Waals surface area (Å²) < 4.78 is 27.6. The topological polar surface area (TPSA) is 86.9 Å². The number of imidazole rings is 1. The summed E-state index contributed by atoms with van der Waals surface area (Å²) in [6, 6.07) is 11.5. The molecule has 3 N–H and O–H groups in total. The molecule has 9 heteroatoms. The zero-order valence-corrected chi connectivity index (χ0v) is 17.9. The molecule has 2 unspecified atom stereocenters. The number of fused-ring (bicyclic) bond motifs is 1. The first-order chi connectivity index (χ1) is 13.9. The summed E-state index contributed by atoms with van der Waals surface area (Å²) in [7, 11) is -1.81. The zero-order valence-electron chi connectivity index (χ0n) is 15.6. The molecule has 0 radical (unpaired) electrons. The molecule has 0 saturated heterocycles. The quantitative estimate of drug-likeness (QED) is 0.525. The summed E-state index contributed by atoms with van der Waals surface area (Å²) in [5, 5.41) is 4.42. The number of halogens is 2. The van der Waals surface area contributed by atoms with Gasteiger partial charge in [-0.1, -0.05) is 35.3 Å².